The summed E-state index contributed by atoms with van der Waals surface area (Å²) in [5, 5.41) is 8.64. The molecule has 0 aromatic carbocycles. The van der Waals surface area contributed by atoms with Gasteiger partial charge >= 0.3 is 5.97 Å². The number of hydrogen-bond donors (Lipinski definition) is 1. The Morgan fingerprint density at radius 2 is 2.09 bits per heavy atom. The zero-order chi connectivity index (χ0) is 8.32. The van der Waals surface area contributed by atoms with Crippen LogP contribution in [0, 0.1) is 5.41 Å². The highest BCUT2D eigenvalue weighted by Gasteiger charge is 2.31. The minimum atomic E-state index is -0.671. The molecule has 11 heavy (non-hydrogen) atoms. The predicted molar refractivity (Wildman–Crippen MR) is 43.4 cm³/mol. The molecule has 0 saturated carbocycles. The van der Waals surface area contributed by atoms with Crippen molar-refractivity contribution in [1.82, 2.24) is 0 Å². The van der Waals surface area contributed by atoms with Crippen LogP contribution in [-0.2, 0) is 4.79 Å². The second-order valence-corrected chi connectivity index (χ2v) is 3.30. The average molecular weight is 154 g/mol. The fourth-order valence-electron chi connectivity index (χ4n) is 1.63. The van der Waals surface area contributed by atoms with Gasteiger partial charge in [0.25, 0.3) is 0 Å². The topological polar surface area (TPSA) is 37.3 Å². The van der Waals surface area contributed by atoms with Gasteiger partial charge in [0.05, 0.1) is 6.42 Å². The molecule has 0 saturated heterocycles. The van der Waals surface area contributed by atoms with Crippen LogP contribution in [0.5, 0.6) is 0 Å². The Hall–Kier alpha value is -0.790. The van der Waals surface area contributed by atoms with Crippen LogP contribution in [0.25, 0.3) is 0 Å². The molecule has 0 aliphatic heterocycles. The molecule has 0 fully saturated rings. The summed E-state index contributed by atoms with van der Waals surface area (Å²) in [7, 11) is 0. The minimum absolute atomic E-state index is 0.0475. The van der Waals surface area contributed by atoms with E-state index in [2.05, 4.69) is 19.1 Å². The van der Waals surface area contributed by atoms with Crippen LogP contribution in [-0.4, -0.2) is 11.1 Å². The molecular weight excluding hydrogens is 140 g/mol. The summed E-state index contributed by atoms with van der Waals surface area (Å²) in [6.45, 7) is 2.07. The van der Waals surface area contributed by atoms with E-state index in [1.165, 1.54) is 0 Å². The van der Waals surface area contributed by atoms with Crippen molar-refractivity contribution in [2.75, 3.05) is 0 Å². The molecule has 1 aliphatic rings. The maximum Gasteiger partial charge on any atom is 0.303 e. The molecular formula is C9H14O2. The summed E-state index contributed by atoms with van der Waals surface area (Å²) in [6.07, 6.45) is 7.34. The van der Waals surface area contributed by atoms with Crippen molar-refractivity contribution in [3.8, 4) is 0 Å². The standard InChI is InChI=1S/C9H14O2/c1-2-9(7-8(10)11)5-3-4-6-9/h3-4H,2,5-7H2,1H3,(H,10,11). The zero-order valence-corrected chi connectivity index (χ0v) is 6.84. The van der Waals surface area contributed by atoms with E-state index in [4.69, 9.17) is 5.11 Å². The Labute approximate surface area is 66.9 Å². The molecule has 0 amide bonds. The van der Waals surface area contributed by atoms with Crippen LogP contribution < -0.4 is 0 Å². The molecule has 0 radical (unpaired) electrons. The van der Waals surface area contributed by atoms with Crippen molar-refractivity contribution in [2.24, 2.45) is 5.41 Å². The van der Waals surface area contributed by atoms with Crippen molar-refractivity contribution < 1.29 is 9.90 Å². The number of hydrogen-bond acceptors (Lipinski definition) is 1. The van der Waals surface area contributed by atoms with Gasteiger partial charge in [-0.05, 0) is 24.7 Å². The van der Waals surface area contributed by atoms with Gasteiger partial charge in [0.1, 0.15) is 0 Å². The zero-order valence-electron chi connectivity index (χ0n) is 6.84. The second kappa shape index (κ2) is 3.07. The lowest BCUT2D eigenvalue weighted by molar-refractivity contribution is -0.139. The third kappa shape index (κ3) is 1.82. The number of allylic oxidation sites excluding steroid dienone is 2. The Bertz CT molecular complexity index is 174. The van der Waals surface area contributed by atoms with Crippen LogP contribution in [0.4, 0.5) is 0 Å². The molecule has 0 aromatic heterocycles. The monoisotopic (exact) mass is 154 g/mol. The van der Waals surface area contributed by atoms with E-state index >= 15 is 0 Å². The maximum atomic E-state index is 10.5. The molecule has 0 atom stereocenters. The smallest absolute Gasteiger partial charge is 0.303 e. The fraction of sp³-hybridized carbons (Fsp3) is 0.667. The summed E-state index contributed by atoms with van der Waals surface area (Å²) < 4.78 is 0. The quantitative estimate of drug-likeness (QED) is 0.633. The van der Waals surface area contributed by atoms with Gasteiger partial charge in [-0.3, -0.25) is 4.79 Å². The highest BCUT2D eigenvalue weighted by Crippen LogP contribution is 2.39. The lowest BCUT2D eigenvalue weighted by atomic mass is 9.80. The minimum Gasteiger partial charge on any atom is -0.481 e. The van der Waals surface area contributed by atoms with E-state index in [0.717, 1.165) is 19.3 Å². The van der Waals surface area contributed by atoms with Gasteiger partial charge < -0.3 is 5.11 Å². The van der Waals surface area contributed by atoms with Crippen LogP contribution >= 0.6 is 0 Å². The number of carboxylic acid groups (broad SMARTS) is 1. The Kier molecular flexibility index (Phi) is 2.32. The maximum absolute atomic E-state index is 10.5. The van der Waals surface area contributed by atoms with Gasteiger partial charge in [0.2, 0.25) is 0 Å². The SMILES string of the molecule is CCC1(CC(=O)O)CC=CC1. The third-order valence-corrected chi connectivity index (χ3v) is 2.54. The number of carboxylic acids is 1. The van der Waals surface area contributed by atoms with Crippen molar-refractivity contribution in [2.45, 2.75) is 32.6 Å². The van der Waals surface area contributed by atoms with Crippen LogP contribution in [0.2, 0.25) is 0 Å². The molecule has 0 heterocycles. The van der Waals surface area contributed by atoms with Gasteiger partial charge in [0, 0.05) is 0 Å². The Balaban J connectivity index is 2.54. The number of carbonyl (C=O) groups is 1. The van der Waals surface area contributed by atoms with E-state index in [-0.39, 0.29) is 5.41 Å². The summed E-state index contributed by atoms with van der Waals surface area (Å²) in [4.78, 5) is 10.5. The lowest BCUT2D eigenvalue weighted by Crippen LogP contribution is -2.19. The first-order valence-corrected chi connectivity index (χ1v) is 4.05. The van der Waals surface area contributed by atoms with Gasteiger partial charge in [0.15, 0.2) is 0 Å². The number of rotatable bonds is 3. The van der Waals surface area contributed by atoms with Gasteiger partial charge in [-0.2, -0.15) is 0 Å². The normalized spacial score (nSPS) is 20.5. The molecule has 1 N–H and O–H groups in total. The number of aliphatic carboxylic acids is 1. The third-order valence-electron chi connectivity index (χ3n) is 2.54. The first-order chi connectivity index (χ1) is 5.18. The molecule has 0 spiro atoms. The first-order valence-electron chi connectivity index (χ1n) is 4.05. The largest absolute Gasteiger partial charge is 0.481 e. The molecule has 0 bridgehead atoms. The highest BCUT2D eigenvalue weighted by atomic mass is 16.4. The molecule has 2 heteroatoms. The van der Waals surface area contributed by atoms with Gasteiger partial charge in [-0.1, -0.05) is 19.1 Å². The molecule has 1 aliphatic carbocycles. The van der Waals surface area contributed by atoms with E-state index in [0.29, 0.717) is 6.42 Å². The van der Waals surface area contributed by atoms with E-state index in [9.17, 15) is 4.79 Å². The Morgan fingerprint density at radius 1 is 1.55 bits per heavy atom. The van der Waals surface area contributed by atoms with Crippen LogP contribution in [0.1, 0.15) is 32.6 Å². The molecule has 62 valence electrons. The molecule has 2 nitrogen and oxygen atoms in total. The van der Waals surface area contributed by atoms with Crippen molar-refractivity contribution in [1.29, 1.82) is 0 Å². The van der Waals surface area contributed by atoms with Crippen molar-refractivity contribution >= 4 is 5.97 Å². The van der Waals surface area contributed by atoms with E-state index in [1.54, 1.807) is 0 Å². The Morgan fingerprint density at radius 3 is 2.45 bits per heavy atom. The predicted octanol–water partition coefficient (Wildman–Crippen LogP) is 2.21. The summed E-state index contributed by atoms with van der Waals surface area (Å²) >= 11 is 0. The first kappa shape index (κ1) is 8.31. The summed E-state index contributed by atoms with van der Waals surface area (Å²) in [6, 6.07) is 0. The van der Waals surface area contributed by atoms with Crippen LogP contribution in [0.3, 0.4) is 0 Å². The highest BCUT2D eigenvalue weighted by molar-refractivity contribution is 5.67. The average Bonchev–Trinajstić information content (AvgIpc) is 2.36. The summed E-state index contributed by atoms with van der Waals surface area (Å²) in [5.41, 5.74) is 0.0475. The van der Waals surface area contributed by atoms with Crippen molar-refractivity contribution in [3.63, 3.8) is 0 Å². The van der Waals surface area contributed by atoms with Crippen molar-refractivity contribution in [3.05, 3.63) is 12.2 Å². The van der Waals surface area contributed by atoms with E-state index < -0.39 is 5.97 Å². The summed E-state index contributed by atoms with van der Waals surface area (Å²) in [5.74, 6) is -0.671. The lowest BCUT2D eigenvalue weighted by Gasteiger charge is -2.24. The molecule has 0 unspecified atom stereocenters. The van der Waals surface area contributed by atoms with Crippen LogP contribution in [0.15, 0.2) is 12.2 Å². The van der Waals surface area contributed by atoms with Gasteiger partial charge in [-0.15, -0.1) is 0 Å². The second-order valence-electron chi connectivity index (χ2n) is 3.30. The van der Waals surface area contributed by atoms with Gasteiger partial charge in [-0.25, -0.2) is 0 Å². The molecule has 1 rings (SSSR count). The molecule has 0 aromatic rings. The van der Waals surface area contributed by atoms with E-state index in [1.807, 2.05) is 0 Å². The fourth-order valence-corrected chi connectivity index (χ4v) is 1.63.